The Labute approximate surface area is 154 Å². The fraction of sp³-hybridized carbons (Fsp3) is 0.600. The number of halogens is 1. The molecule has 1 aromatic rings. The van der Waals surface area contributed by atoms with E-state index in [0.29, 0.717) is 29.2 Å². The van der Waals surface area contributed by atoms with Crippen molar-refractivity contribution < 1.29 is 14.3 Å². The highest BCUT2D eigenvalue weighted by atomic mass is 35.5. The summed E-state index contributed by atoms with van der Waals surface area (Å²) in [6.07, 6.45) is 9.39. The molecule has 136 valence electrons. The van der Waals surface area contributed by atoms with E-state index in [4.69, 9.17) is 22.1 Å². The largest absolute Gasteiger partial charge is 0.426 e. The lowest BCUT2D eigenvalue weighted by atomic mass is 9.68. The number of esters is 1. The molecule has 1 aromatic carbocycles. The highest BCUT2D eigenvalue weighted by molar-refractivity contribution is 6.30. The SMILES string of the molecule is NC(=O)C1(c2cc(Cl)ccc2OC(=O)C2CCCCC2)CCCCC1. The molecule has 1 amide bonds. The lowest BCUT2D eigenvalue weighted by Gasteiger charge is -2.36. The van der Waals surface area contributed by atoms with Crippen molar-refractivity contribution in [2.24, 2.45) is 11.7 Å². The van der Waals surface area contributed by atoms with Gasteiger partial charge in [-0.3, -0.25) is 9.59 Å². The second-order valence-electron chi connectivity index (χ2n) is 7.40. The molecule has 5 heteroatoms. The van der Waals surface area contributed by atoms with Crippen molar-refractivity contribution >= 4 is 23.5 Å². The number of primary amides is 1. The number of benzene rings is 1. The Balaban J connectivity index is 1.92. The predicted molar refractivity (Wildman–Crippen MR) is 97.6 cm³/mol. The van der Waals surface area contributed by atoms with Gasteiger partial charge in [0.05, 0.1) is 11.3 Å². The highest BCUT2D eigenvalue weighted by Gasteiger charge is 2.42. The van der Waals surface area contributed by atoms with Gasteiger partial charge in [-0.2, -0.15) is 0 Å². The summed E-state index contributed by atoms with van der Waals surface area (Å²) in [6.45, 7) is 0. The van der Waals surface area contributed by atoms with E-state index in [1.54, 1.807) is 18.2 Å². The lowest BCUT2D eigenvalue weighted by Crippen LogP contribution is -2.43. The molecule has 25 heavy (non-hydrogen) atoms. The fourth-order valence-electron chi connectivity index (χ4n) is 4.30. The molecule has 0 atom stereocenters. The number of amides is 1. The van der Waals surface area contributed by atoms with E-state index in [1.165, 1.54) is 6.42 Å². The zero-order valence-electron chi connectivity index (χ0n) is 14.6. The first-order valence-electron chi connectivity index (χ1n) is 9.34. The van der Waals surface area contributed by atoms with E-state index in [1.807, 2.05) is 0 Å². The summed E-state index contributed by atoms with van der Waals surface area (Å²) in [6, 6.07) is 5.16. The molecule has 0 heterocycles. The molecule has 0 aliphatic heterocycles. The molecular formula is C20H26ClNO3. The lowest BCUT2D eigenvalue weighted by molar-refractivity contribution is -0.140. The monoisotopic (exact) mass is 363 g/mol. The molecule has 0 bridgehead atoms. The van der Waals surface area contributed by atoms with Crippen LogP contribution in [0.5, 0.6) is 5.75 Å². The molecule has 0 saturated heterocycles. The average Bonchev–Trinajstić information content (AvgIpc) is 2.64. The number of rotatable bonds is 4. The summed E-state index contributed by atoms with van der Waals surface area (Å²) < 4.78 is 5.76. The molecule has 0 unspecified atom stereocenters. The first kappa shape index (κ1) is 18.2. The van der Waals surface area contributed by atoms with Crippen LogP contribution in [0.2, 0.25) is 5.02 Å². The predicted octanol–water partition coefficient (Wildman–Crippen LogP) is 4.51. The van der Waals surface area contributed by atoms with E-state index in [0.717, 1.165) is 44.9 Å². The van der Waals surface area contributed by atoms with E-state index in [9.17, 15) is 9.59 Å². The number of hydrogen-bond acceptors (Lipinski definition) is 3. The minimum atomic E-state index is -0.786. The standard InChI is InChI=1S/C20H26ClNO3/c21-15-9-10-17(25-18(23)14-7-3-1-4-8-14)16(13-15)20(19(22)24)11-5-2-6-12-20/h9-10,13-14H,1-8,11-12H2,(H2,22,24). The van der Waals surface area contributed by atoms with Crippen molar-refractivity contribution in [3.8, 4) is 5.75 Å². The maximum Gasteiger partial charge on any atom is 0.314 e. The highest BCUT2D eigenvalue weighted by Crippen LogP contribution is 2.44. The summed E-state index contributed by atoms with van der Waals surface area (Å²) >= 11 is 6.20. The van der Waals surface area contributed by atoms with Gasteiger partial charge in [0.2, 0.25) is 5.91 Å². The molecule has 2 saturated carbocycles. The van der Waals surface area contributed by atoms with E-state index in [-0.39, 0.29) is 17.8 Å². The average molecular weight is 364 g/mol. The van der Waals surface area contributed by atoms with Crippen LogP contribution in [0.4, 0.5) is 0 Å². The Kier molecular flexibility index (Phi) is 5.67. The molecule has 2 aliphatic rings. The van der Waals surface area contributed by atoms with Gasteiger partial charge in [-0.1, -0.05) is 50.1 Å². The van der Waals surface area contributed by atoms with Crippen LogP contribution in [-0.2, 0) is 15.0 Å². The van der Waals surface area contributed by atoms with Gasteiger partial charge in [0.1, 0.15) is 5.75 Å². The summed E-state index contributed by atoms with van der Waals surface area (Å²) in [7, 11) is 0. The Morgan fingerprint density at radius 3 is 2.32 bits per heavy atom. The molecular weight excluding hydrogens is 338 g/mol. The van der Waals surface area contributed by atoms with Crippen LogP contribution < -0.4 is 10.5 Å². The molecule has 0 aromatic heterocycles. The fourth-order valence-corrected chi connectivity index (χ4v) is 4.47. The van der Waals surface area contributed by atoms with Crippen LogP contribution in [0.15, 0.2) is 18.2 Å². The molecule has 2 aliphatic carbocycles. The molecule has 2 fully saturated rings. The van der Waals surface area contributed by atoms with Crippen molar-refractivity contribution in [1.29, 1.82) is 0 Å². The van der Waals surface area contributed by atoms with Crippen LogP contribution in [0.3, 0.4) is 0 Å². The van der Waals surface area contributed by atoms with Crippen LogP contribution in [0.25, 0.3) is 0 Å². The van der Waals surface area contributed by atoms with Gasteiger partial charge < -0.3 is 10.5 Å². The number of hydrogen-bond donors (Lipinski definition) is 1. The third kappa shape index (κ3) is 3.84. The van der Waals surface area contributed by atoms with Crippen molar-refractivity contribution in [3.63, 3.8) is 0 Å². The van der Waals surface area contributed by atoms with Crippen LogP contribution in [0.1, 0.15) is 69.8 Å². The second-order valence-corrected chi connectivity index (χ2v) is 7.84. The smallest absolute Gasteiger partial charge is 0.314 e. The van der Waals surface area contributed by atoms with Gasteiger partial charge >= 0.3 is 5.97 Å². The normalized spacial score (nSPS) is 20.8. The zero-order chi connectivity index (χ0) is 17.9. The third-order valence-electron chi connectivity index (χ3n) is 5.79. The summed E-state index contributed by atoms with van der Waals surface area (Å²) in [5, 5.41) is 0.527. The van der Waals surface area contributed by atoms with Crippen molar-refractivity contribution in [1.82, 2.24) is 0 Å². The molecule has 0 radical (unpaired) electrons. The maximum atomic E-state index is 12.6. The molecule has 0 spiro atoms. The molecule has 4 nitrogen and oxygen atoms in total. The zero-order valence-corrected chi connectivity index (χ0v) is 15.3. The van der Waals surface area contributed by atoms with E-state index in [2.05, 4.69) is 0 Å². The molecule has 2 N–H and O–H groups in total. The van der Waals surface area contributed by atoms with Crippen molar-refractivity contribution in [2.75, 3.05) is 0 Å². The quantitative estimate of drug-likeness (QED) is 0.631. The van der Waals surface area contributed by atoms with Crippen molar-refractivity contribution in [3.05, 3.63) is 28.8 Å². The minimum absolute atomic E-state index is 0.0480. The van der Waals surface area contributed by atoms with Gasteiger partial charge in [0.25, 0.3) is 0 Å². The minimum Gasteiger partial charge on any atom is -0.426 e. The van der Waals surface area contributed by atoms with Gasteiger partial charge in [-0.15, -0.1) is 0 Å². The third-order valence-corrected chi connectivity index (χ3v) is 6.02. The first-order valence-corrected chi connectivity index (χ1v) is 9.72. The number of ether oxygens (including phenoxy) is 1. The Hall–Kier alpha value is -1.55. The van der Waals surface area contributed by atoms with Gasteiger partial charge in [-0.05, 0) is 43.9 Å². The second kappa shape index (κ2) is 7.77. The molecule has 3 rings (SSSR count). The summed E-state index contributed by atoms with van der Waals surface area (Å²) in [5.74, 6) is -0.156. The number of nitrogens with two attached hydrogens (primary N) is 1. The van der Waals surface area contributed by atoms with E-state index >= 15 is 0 Å². The van der Waals surface area contributed by atoms with Crippen LogP contribution in [-0.4, -0.2) is 11.9 Å². The van der Waals surface area contributed by atoms with Crippen LogP contribution in [0, 0.1) is 5.92 Å². The van der Waals surface area contributed by atoms with Crippen molar-refractivity contribution in [2.45, 2.75) is 69.6 Å². The Morgan fingerprint density at radius 1 is 1.04 bits per heavy atom. The summed E-state index contributed by atoms with van der Waals surface area (Å²) in [5.41, 5.74) is 5.70. The first-order chi connectivity index (χ1) is 12.0. The Morgan fingerprint density at radius 2 is 1.68 bits per heavy atom. The topological polar surface area (TPSA) is 69.4 Å². The Bertz CT molecular complexity index is 646. The number of carbonyl (C=O) groups is 2. The van der Waals surface area contributed by atoms with Gasteiger partial charge in [0, 0.05) is 10.6 Å². The van der Waals surface area contributed by atoms with E-state index < -0.39 is 5.41 Å². The maximum absolute atomic E-state index is 12.6. The summed E-state index contributed by atoms with van der Waals surface area (Å²) in [4.78, 5) is 25.0. The van der Waals surface area contributed by atoms with Gasteiger partial charge in [-0.25, -0.2) is 0 Å². The number of carbonyl (C=O) groups excluding carboxylic acids is 2. The van der Waals surface area contributed by atoms with Crippen LogP contribution >= 0.6 is 11.6 Å². The van der Waals surface area contributed by atoms with Gasteiger partial charge in [0.15, 0.2) is 0 Å².